The highest BCUT2D eigenvalue weighted by Gasteiger charge is 2.47. The van der Waals surface area contributed by atoms with Gasteiger partial charge in [0, 0.05) is 5.56 Å². The molecule has 0 saturated carbocycles. The van der Waals surface area contributed by atoms with Crippen LogP contribution < -0.4 is 10.6 Å². The molecule has 1 aliphatic heterocycles. The second-order valence-electron chi connectivity index (χ2n) is 7.42. The smallest absolute Gasteiger partial charge is 0.279 e. The lowest BCUT2D eigenvalue weighted by atomic mass is 10.0. The van der Waals surface area contributed by atoms with E-state index in [1.165, 1.54) is 0 Å². The molecule has 0 radical (unpaired) electrons. The molecule has 4 rings (SSSR count). The average molecular weight is 429 g/mol. The zero-order valence-electron chi connectivity index (χ0n) is 17.3. The number of carbonyl (C=O) groups excluding carboxylic acids is 3. The first-order chi connectivity index (χ1) is 15.6. The molecule has 3 amide bonds. The van der Waals surface area contributed by atoms with E-state index in [2.05, 4.69) is 10.6 Å². The first kappa shape index (κ1) is 21.3. The van der Waals surface area contributed by atoms with Crippen LogP contribution in [0.25, 0.3) is 0 Å². The van der Waals surface area contributed by atoms with Crippen molar-refractivity contribution in [1.29, 1.82) is 0 Å². The summed E-state index contributed by atoms with van der Waals surface area (Å²) in [6.07, 6.45) is -0.687. The van der Waals surface area contributed by atoms with Crippen LogP contribution in [0, 0.1) is 0 Å². The highest BCUT2D eigenvalue weighted by Crippen LogP contribution is 2.18. The van der Waals surface area contributed by atoms with E-state index in [-0.39, 0.29) is 24.8 Å². The van der Waals surface area contributed by atoms with Crippen LogP contribution in [0.2, 0.25) is 0 Å². The maximum absolute atomic E-state index is 13.2. The summed E-state index contributed by atoms with van der Waals surface area (Å²) < 4.78 is 0. The second kappa shape index (κ2) is 9.89. The van der Waals surface area contributed by atoms with E-state index in [0.29, 0.717) is 5.56 Å². The molecule has 32 heavy (non-hydrogen) atoms. The maximum atomic E-state index is 13.2. The van der Waals surface area contributed by atoms with Gasteiger partial charge in [-0.05, 0) is 23.3 Å². The van der Waals surface area contributed by atoms with Gasteiger partial charge >= 0.3 is 0 Å². The van der Waals surface area contributed by atoms with Crippen molar-refractivity contribution in [2.75, 3.05) is 0 Å². The molecule has 0 spiro atoms. The molecule has 1 heterocycles. The topological polar surface area (TPSA) is 87.7 Å². The van der Waals surface area contributed by atoms with E-state index in [1.807, 2.05) is 66.7 Å². The third-order valence-corrected chi connectivity index (χ3v) is 5.10. The predicted octanol–water partition coefficient (Wildman–Crippen LogP) is 2.44. The average Bonchev–Trinajstić information content (AvgIpc) is 2.84. The van der Waals surface area contributed by atoms with Gasteiger partial charge in [0.25, 0.3) is 5.91 Å². The van der Waals surface area contributed by atoms with Crippen molar-refractivity contribution in [2.24, 2.45) is 0 Å². The molecular formula is C25H23N3O4. The van der Waals surface area contributed by atoms with Gasteiger partial charge in [0.2, 0.25) is 11.8 Å². The Morgan fingerprint density at radius 3 is 2.00 bits per heavy atom. The van der Waals surface area contributed by atoms with Crippen molar-refractivity contribution in [2.45, 2.75) is 25.2 Å². The fraction of sp³-hybridized carbons (Fsp3) is 0.160. The van der Waals surface area contributed by atoms with E-state index >= 15 is 0 Å². The molecule has 1 fully saturated rings. The van der Waals surface area contributed by atoms with Crippen LogP contribution in [0.4, 0.5) is 0 Å². The maximum Gasteiger partial charge on any atom is 0.279 e. The molecule has 3 aromatic rings. The number of hydrogen-bond donors (Lipinski definition) is 2. The monoisotopic (exact) mass is 429 g/mol. The fourth-order valence-corrected chi connectivity index (χ4v) is 3.40. The Bertz CT molecular complexity index is 1070. The van der Waals surface area contributed by atoms with Gasteiger partial charge in [0.1, 0.15) is 12.6 Å². The molecule has 0 aliphatic carbocycles. The zero-order chi connectivity index (χ0) is 22.3. The van der Waals surface area contributed by atoms with Gasteiger partial charge in [-0.2, -0.15) is 5.06 Å². The molecule has 7 heteroatoms. The quantitative estimate of drug-likeness (QED) is 0.425. The Morgan fingerprint density at radius 1 is 0.844 bits per heavy atom. The number of rotatable bonds is 8. The van der Waals surface area contributed by atoms with E-state index in [9.17, 15) is 14.4 Å². The summed E-state index contributed by atoms with van der Waals surface area (Å²) in [6, 6.07) is 26.4. The number of nitrogens with zero attached hydrogens (tertiary/aromatic N) is 1. The van der Waals surface area contributed by atoms with Gasteiger partial charge in [0.05, 0.1) is 6.42 Å². The van der Waals surface area contributed by atoms with Gasteiger partial charge in [-0.1, -0.05) is 78.9 Å². The van der Waals surface area contributed by atoms with Crippen LogP contribution in [-0.2, 0) is 27.5 Å². The lowest BCUT2D eigenvalue weighted by molar-refractivity contribution is -0.192. The Kier molecular flexibility index (Phi) is 6.57. The van der Waals surface area contributed by atoms with Crippen LogP contribution in [0.3, 0.4) is 0 Å². The zero-order valence-corrected chi connectivity index (χ0v) is 17.3. The SMILES string of the molecule is O=C(Cc1ccccc1)N[C@@H]1C(=O)N[C@H]1N(OCc1ccccc1)C(=O)c1ccccc1. The molecular weight excluding hydrogens is 406 g/mol. The molecule has 2 N–H and O–H groups in total. The number of β-lactam (4-membered cyclic amide) rings is 1. The first-order valence-electron chi connectivity index (χ1n) is 10.3. The number of hydrogen-bond acceptors (Lipinski definition) is 4. The normalized spacial score (nSPS) is 17.1. The number of hydroxylamine groups is 2. The van der Waals surface area contributed by atoms with Crippen molar-refractivity contribution in [3.05, 3.63) is 108 Å². The van der Waals surface area contributed by atoms with Gasteiger partial charge in [-0.3, -0.25) is 19.2 Å². The third-order valence-electron chi connectivity index (χ3n) is 5.10. The predicted molar refractivity (Wildman–Crippen MR) is 118 cm³/mol. The minimum absolute atomic E-state index is 0.134. The molecule has 1 aliphatic rings. The van der Waals surface area contributed by atoms with Gasteiger partial charge in [0.15, 0.2) is 6.17 Å². The van der Waals surface area contributed by atoms with Crippen molar-refractivity contribution in [1.82, 2.24) is 15.7 Å². The summed E-state index contributed by atoms with van der Waals surface area (Å²) in [5, 5.41) is 6.54. The first-order valence-corrected chi connectivity index (χ1v) is 10.3. The number of benzene rings is 3. The Balaban J connectivity index is 1.49. The summed E-state index contributed by atoms with van der Waals surface area (Å²) in [6.45, 7) is 0.135. The largest absolute Gasteiger partial charge is 0.341 e. The minimum Gasteiger partial charge on any atom is -0.341 e. The number of nitrogens with one attached hydrogen (secondary N) is 2. The van der Waals surface area contributed by atoms with Crippen molar-refractivity contribution >= 4 is 17.7 Å². The van der Waals surface area contributed by atoms with Crippen molar-refractivity contribution in [3.8, 4) is 0 Å². The summed E-state index contributed by atoms with van der Waals surface area (Å²) >= 11 is 0. The molecule has 162 valence electrons. The van der Waals surface area contributed by atoms with Crippen LogP contribution in [0.1, 0.15) is 21.5 Å². The summed E-state index contributed by atoms with van der Waals surface area (Å²) in [7, 11) is 0. The Labute approximate surface area is 186 Å². The highest BCUT2D eigenvalue weighted by molar-refractivity contribution is 5.98. The lowest BCUT2D eigenvalue weighted by Gasteiger charge is -2.42. The molecule has 3 aromatic carbocycles. The molecule has 2 atom stereocenters. The van der Waals surface area contributed by atoms with Crippen LogP contribution >= 0.6 is 0 Å². The summed E-state index contributed by atoms with van der Waals surface area (Å²) in [5.41, 5.74) is 2.11. The molecule has 0 unspecified atom stereocenters. The molecule has 0 bridgehead atoms. The summed E-state index contributed by atoms with van der Waals surface area (Å²) in [4.78, 5) is 43.8. The molecule has 1 saturated heterocycles. The van der Waals surface area contributed by atoms with E-state index in [0.717, 1.165) is 16.2 Å². The number of amides is 3. The highest BCUT2D eigenvalue weighted by atomic mass is 16.7. The fourth-order valence-electron chi connectivity index (χ4n) is 3.40. The van der Waals surface area contributed by atoms with E-state index in [4.69, 9.17) is 4.84 Å². The lowest BCUT2D eigenvalue weighted by Crippen LogP contribution is -2.75. The summed E-state index contributed by atoms with van der Waals surface area (Å²) in [5.74, 6) is -1.09. The third kappa shape index (κ3) is 5.01. The molecule has 0 aromatic heterocycles. The minimum atomic E-state index is -0.908. The Hall–Kier alpha value is -3.97. The van der Waals surface area contributed by atoms with Gasteiger partial charge in [-0.15, -0.1) is 0 Å². The van der Waals surface area contributed by atoms with Crippen molar-refractivity contribution in [3.63, 3.8) is 0 Å². The molecule has 7 nitrogen and oxygen atoms in total. The van der Waals surface area contributed by atoms with Gasteiger partial charge < -0.3 is 10.6 Å². The second-order valence-corrected chi connectivity index (χ2v) is 7.42. The van der Waals surface area contributed by atoms with Crippen LogP contribution in [0.5, 0.6) is 0 Å². The Morgan fingerprint density at radius 2 is 1.41 bits per heavy atom. The van der Waals surface area contributed by atoms with Crippen molar-refractivity contribution < 1.29 is 19.2 Å². The van der Waals surface area contributed by atoms with Gasteiger partial charge in [-0.25, -0.2) is 0 Å². The van der Waals surface area contributed by atoms with E-state index in [1.54, 1.807) is 24.3 Å². The number of carbonyl (C=O) groups is 3. The standard InChI is InChI=1S/C25H23N3O4/c29-21(16-18-10-4-1-5-11-18)26-22-23(27-24(22)30)28(25(31)20-14-8-3-9-15-20)32-17-19-12-6-2-7-13-19/h1-15,22-23H,16-17H2,(H,26,29)(H,27,30)/t22-,23-/m0/s1. The van der Waals surface area contributed by atoms with Crippen LogP contribution in [-0.4, -0.2) is 35.0 Å². The van der Waals surface area contributed by atoms with Crippen LogP contribution in [0.15, 0.2) is 91.0 Å². The van der Waals surface area contributed by atoms with E-state index < -0.39 is 18.1 Å².